The molecule has 2 amide bonds. The summed E-state index contributed by atoms with van der Waals surface area (Å²) in [6, 6.07) is 14.5. The molecule has 0 unspecified atom stereocenters. The van der Waals surface area contributed by atoms with E-state index in [1.165, 1.54) is 0 Å². The van der Waals surface area contributed by atoms with Gasteiger partial charge >= 0.3 is 6.03 Å². The molecule has 0 aliphatic carbocycles. The van der Waals surface area contributed by atoms with E-state index in [2.05, 4.69) is 10.6 Å². The number of carbonyl (C=O) groups is 1. The van der Waals surface area contributed by atoms with Gasteiger partial charge in [-0.25, -0.2) is 4.79 Å². The molecule has 122 valence electrons. The molecule has 0 aromatic heterocycles. The van der Waals surface area contributed by atoms with Crippen LogP contribution >= 0.6 is 0 Å². The molecule has 0 spiro atoms. The second kappa shape index (κ2) is 8.19. The summed E-state index contributed by atoms with van der Waals surface area (Å²) in [5, 5.41) is 15.0. The van der Waals surface area contributed by atoms with E-state index in [1.54, 1.807) is 13.2 Å². The summed E-state index contributed by atoms with van der Waals surface area (Å²) < 4.78 is 5.18. The molecular formula is C18H22N2O3. The van der Waals surface area contributed by atoms with Crippen LogP contribution in [-0.4, -0.2) is 24.9 Å². The van der Waals surface area contributed by atoms with Gasteiger partial charge in [-0.15, -0.1) is 0 Å². The van der Waals surface area contributed by atoms with Gasteiger partial charge in [-0.2, -0.15) is 0 Å². The Morgan fingerprint density at radius 1 is 1.22 bits per heavy atom. The lowest BCUT2D eigenvalue weighted by molar-refractivity contribution is 0.239. The van der Waals surface area contributed by atoms with E-state index in [-0.39, 0.29) is 18.7 Å². The molecule has 0 heterocycles. The van der Waals surface area contributed by atoms with Crippen LogP contribution in [0.5, 0.6) is 5.75 Å². The first kappa shape index (κ1) is 16.8. The Labute approximate surface area is 136 Å². The summed E-state index contributed by atoms with van der Waals surface area (Å²) >= 11 is 0. The fourth-order valence-electron chi connectivity index (χ4n) is 2.32. The third kappa shape index (κ3) is 4.72. The van der Waals surface area contributed by atoms with Gasteiger partial charge in [0.25, 0.3) is 0 Å². The molecule has 0 saturated heterocycles. The Bertz CT molecular complexity index is 644. The van der Waals surface area contributed by atoms with E-state index in [1.807, 2.05) is 49.4 Å². The average Bonchev–Trinajstić information content (AvgIpc) is 2.57. The van der Waals surface area contributed by atoms with Crippen molar-refractivity contribution in [1.82, 2.24) is 5.32 Å². The third-order valence-corrected chi connectivity index (χ3v) is 3.62. The number of aryl methyl sites for hydroxylation is 1. The number of ether oxygens (including phenoxy) is 1. The van der Waals surface area contributed by atoms with Crippen molar-refractivity contribution in [3.8, 4) is 5.75 Å². The minimum atomic E-state index is -0.316. The monoisotopic (exact) mass is 314 g/mol. The Morgan fingerprint density at radius 2 is 1.96 bits per heavy atom. The van der Waals surface area contributed by atoms with Crippen molar-refractivity contribution >= 4 is 11.7 Å². The normalized spacial score (nSPS) is 11.6. The van der Waals surface area contributed by atoms with Crippen molar-refractivity contribution in [2.45, 2.75) is 19.4 Å². The summed E-state index contributed by atoms with van der Waals surface area (Å²) in [5.41, 5.74) is 2.59. The van der Waals surface area contributed by atoms with Crippen LogP contribution in [0.3, 0.4) is 0 Å². The average molecular weight is 314 g/mol. The molecule has 0 fully saturated rings. The number of hydrogen-bond acceptors (Lipinski definition) is 3. The van der Waals surface area contributed by atoms with Crippen LogP contribution in [0.4, 0.5) is 10.5 Å². The van der Waals surface area contributed by atoms with Crippen LogP contribution in [0, 0.1) is 6.92 Å². The lowest BCUT2D eigenvalue weighted by Crippen LogP contribution is -2.33. The van der Waals surface area contributed by atoms with E-state index in [9.17, 15) is 9.90 Å². The van der Waals surface area contributed by atoms with Gasteiger partial charge in [-0.3, -0.25) is 0 Å². The fourth-order valence-corrected chi connectivity index (χ4v) is 2.32. The van der Waals surface area contributed by atoms with E-state index in [0.717, 1.165) is 11.1 Å². The van der Waals surface area contributed by atoms with E-state index >= 15 is 0 Å². The largest absolute Gasteiger partial charge is 0.497 e. The number of amides is 2. The molecule has 5 heteroatoms. The summed E-state index contributed by atoms with van der Waals surface area (Å²) in [7, 11) is 1.58. The zero-order chi connectivity index (χ0) is 16.7. The van der Waals surface area contributed by atoms with Crippen LogP contribution in [0.15, 0.2) is 48.5 Å². The smallest absolute Gasteiger partial charge is 0.319 e. The van der Waals surface area contributed by atoms with Crippen LogP contribution in [-0.2, 0) is 0 Å². The van der Waals surface area contributed by atoms with Gasteiger partial charge in [-0.05, 0) is 30.5 Å². The molecule has 2 rings (SSSR count). The number of nitrogens with one attached hydrogen (secondary N) is 2. The molecule has 23 heavy (non-hydrogen) atoms. The molecule has 0 saturated carbocycles. The molecule has 2 aromatic rings. The van der Waals surface area contributed by atoms with Gasteiger partial charge < -0.3 is 20.5 Å². The van der Waals surface area contributed by atoms with Crippen molar-refractivity contribution in [1.29, 1.82) is 0 Å². The number of urea groups is 1. The molecule has 1 atom stereocenters. The van der Waals surface area contributed by atoms with Gasteiger partial charge in [0.1, 0.15) is 5.75 Å². The molecule has 5 nitrogen and oxygen atoms in total. The van der Waals surface area contributed by atoms with Crippen LogP contribution in [0.25, 0.3) is 0 Å². The lowest BCUT2D eigenvalue weighted by atomic mass is 10.0. The van der Waals surface area contributed by atoms with E-state index in [0.29, 0.717) is 17.9 Å². The Kier molecular flexibility index (Phi) is 6.00. The molecule has 0 aliphatic rings. The highest BCUT2D eigenvalue weighted by atomic mass is 16.5. The molecular weight excluding hydrogens is 292 g/mol. The van der Waals surface area contributed by atoms with Crippen molar-refractivity contribution in [3.05, 3.63) is 59.7 Å². The molecule has 3 N–H and O–H groups in total. The number of hydrogen-bond donors (Lipinski definition) is 3. The Morgan fingerprint density at radius 3 is 2.61 bits per heavy atom. The first-order valence-corrected chi connectivity index (χ1v) is 7.52. The molecule has 2 aromatic carbocycles. The number of anilines is 1. The Hall–Kier alpha value is -2.53. The van der Waals surface area contributed by atoms with Crippen molar-refractivity contribution in [2.75, 3.05) is 19.0 Å². The minimum absolute atomic E-state index is 0.00196. The summed E-state index contributed by atoms with van der Waals surface area (Å²) in [4.78, 5) is 12.3. The summed E-state index contributed by atoms with van der Waals surface area (Å²) in [6.45, 7) is 1.91. The first-order chi connectivity index (χ1) is 11.1. The Balaban J connectivity index is 2.08. The molecule has 0 bridgehead atoms. The maximum Gasteiger partial charge on any atom is 0.319 e. The van der Waals surface area contributed by atoms with Crippen molar-refractivity contribution in [3.63, 3.8) is 0 Å². The van der Waals surface area contributed by atoms with Crippen molar-refractivity contribution in [2.24, 2.45) is 0 Å². The predicted octanol–water partition coefficient (Wildman–Crippen LogP) is 3.25. The third-order valence-electron chi connectivity index (χ3n) is 3.62. The maximum absolute atomic E-state index is 12.3. The highest BCUT2D eigenvalue weighted by Gasteiger charge is 2.14. The topological polar surface area (TPSA) is 70.6 Å². The van der Waals surface area contributed by atoms with Gasteiger partial charge in [0.2, 0.25) is 0 Å². The summed E-state index contributed by atoms with van der Waals surface area (Å²) in [6.07, 6.45) is 0.453. The first-order valence-electron chi connectivity index (χ1n) is 7.52. The number of carbonyl (C=O) groups excluding carboxylic acids is 1. The van der Waals surface area contributed by atoms with Gasteiger partial charge in [0.15, 0.2) is 0 Å². The zero-order valence-electron chi connectivity index (χ0n) is 13.4. The summed E-state index contributed by atoms with van der Waals surface area (Å²) in [5.74, 6) is 0.681. The molecule has 0 aliphatic heterocycles. The standard InChI is InChI=1S/C18H22N2O3/c1-13-8-9-15(23-2)12-17(13)20-18(22)19-16(10-11-21)14-6-4-3-5-7-14/h3-9,12,16,21H,10-11H2,1-2H3,(H2,19,20,22)/t16-/m1/s1. The van der Waals surface area contributed by atoms with Gasteiger partial charge in [0, 0.05) is 18.4 Å². The molecule has 0 radical (unpaired) electrons. The zero-order valence-corrected chi connectivity index (χ0v) is 13.4. The predicted molar refractivity (Wildman–Crippen MR) is 90.8 cm³/mol. The van der Waals surface area contributed by atoms with Gasteiger partial charge in [-0.1, -0.05) is 36.4 Å². The second-order valence-electron chi connectivity index (χ2n) is 5.25. The lowest BCUT2D eigenvalue weighted by Gasteiger charge is -2.19. The number of methoxy groups -OCH3 is 1. The number of benzene rings is 2. The van der Waals surface area contributed by atoms with Crippen LogP contribution < -0.4 is 15.4 Å². The minimum Gasteiger partial charge on any atom is -0.497 e. The van der Waals surface area contributed by atoms with Crippen LogP contribution in [0.1, 0.15) is 23.6 Å². The number of rotatable bonds is 6. The SMILES string of the molecule is COc1ccc(C)c(NC(=O)N[C@H](CCO)c2ccccc2)c1. The highest BCUT2D eigenvalue weighted by Crippen LogP contribution is 2.22. The van der Waals surface area contributed by atoms with Crippen LogP contribution in [0.2, 0.25) is 0 Å². The number of aliphatic hydroxyl groups excluding tert-OH is 1. The van der Waals surface area contributed by atoms with Crippen molar-refractivity contribution < 1.29 is 14.6 Å². The highest BCUT2D eigenvalue weighted by molar-refractivity contribution is 5.90. The van der Waals surface area contributed by atoms with E-state index in [4.69, 9.17) is 4.74 Å². The second-order valence-corrected chi connectivity index (χ2v) is 5.25. The maximum atomic E-state index is 12.3. The fraction of sp³-hybridized carbons (Fsp3) is 0.278. The number of aliphatic hydroxyl groups is 1. The quantitative estimate of drug-likeness (QED) is 0.766. The van der Waals surface area contributed by atoms with Gasteiger partial charge in [0.05, 0.1) is 13.2 Å². The van der Waals surface area contributed by atoms with E-state index < -0.39 is 0 Å².